The summed E-state index contributed by atoms with van der Waals surface area (Å²) in [7, 11) is 0. The van der Waals surface area contributed by atoms with Gasteiger partial charge >= 0.3 is 0 Å². The van der Waals surface area contributed by atoms with Gasteiger partial charge in [-0.1, -0.05) is 13.3 Å². The Morgan fingerprint density at radius 1 is 1.37 bits per heavy atom. The molecule has 5 heteroatoms. The SMILES string of the molecule is CCCCN(CCO)c1nccn(C(C)(C)C)c1=O. The van der Waals surface area contributed by atoms with Gasteiger partial charge in [0.25, 0.3) is 5.56 Å². The highest BCUT2D eigenvalue weighted by Crippen LogP contribution is 2.12. The van der Waals surface area contributed by atoms with E-state index in [0.29, 0.717) is 12.4 Å². The summed E-state index contributed by atoms with van der Waals surface area (Å²) in [5.74, 6) is 0.430. The number of aliphatic hydroxyl groups excluding tert-OH is 1. The lowest BCUT2D eigenvalue weighted by Crippen LogP contribution is -2.40. The first kappa shape index (κ1) is 15.7. The van der Waals surface area contributed by atoms with E-state index in [1.807, 2.05) is 25.7 Å². The molecule has 0 saturated carbocycles. The van der Waals surface area contributed by atoms with Gasteiger partial charge in [-0.05, 0) is 27.2 Å². The van der Waals surface area contributed by atoms with Gasteiger partial charge in [-0.15, -0.1) is 0 Å². The average Bonchev–Trinajstić information content (AvgIpc) is 2.33. The van der Waals surface area contributed by atoms with Crippen LogP contribution in [0, 0.1) is 0 Å². The Balaban J connectivity index is 3.13. The Morgan fingerprint density at radius 2 is 2.05 bits per heavy atom. The van der Waals surface area contributed by atoms with Crippen LogP contribution in [0.4, 0.5) is 5.82 Å². The molecule has 0 atom stereocenters. The highest BCUT2D eigenvalue weighted by molar-refractivity contribution is 5.35. The van der Waals surface area contributed by atoms with E-state index < -0.39 is 0 Å². The first-order chi connectivity index (χ1) is 8.91. The Hall–Kier alpha value is -1.36. The zero-order valence-electron chi connectivity index (χ0n) is 12.4. The summed E-state index contributed by atoms with van der Waals surface area (Å²) >= 11 is 0. The lowest BCUT2D eigenvalue weighted by molar-refractivity contribution is 0.300. The van der Waals surface area contributed by atoms with Crippen LogP contribution in [0.1, 0.15) is 40.5 Å². The third-order valence-corrected chi connectivity index (χ3v) is 3.00. The van der Waals surface area contributed by atoms with E-state index >= 15 is 0 Å². The summed E-state index contributed by atoms with van der Waals surface area (Å²) in [6.07, 6.45) is 5.38. The molecule has 1 N–H and O–H groups in total. The van der Waals surface area contributed by atoms with Crippen molar-refractivity contribution in [3.63, 3.8) is 0 Å². The summed E-state index contributed by atoms with van der Waals surface area (Å²) < 4.78 is 1.69. The van der Waals surface area contributed by atoms with E-state index in [9.17, 15) is 4.79 Å². The minimum Gasteiger partial charge on any atom is -0.395 e. The molecule has 0 aliphatic carbocycles. The summed E-state index contributed by atoms with van der Waals surface area (Å²) in [6, 6.07) is 0. The summed E-state index contributed by atoms with van der Waals surface area (Å²) in [5.41, 5.74) is -0.371. The third-order valence-electron chi connectivity index (χ3n) is 3.00. The maximum absolute atomic E-state index is 12.5. The standard InChI is InChI=1S/C14H25N3O2/c1-5-6-8-16(10-11-18)12-13(19)17(9-7-15-12)14(2,3)4/h7,9,18H,5-6,8,10-11H2,1-4H3. The predicted molar refractivity (Wildman–Crippen MR) is 77.7 cm³/mol. The molecule has 1 aromatic heterocycles. The fraction of sp³-hybridized carbons (Fsp3) is 0.714. The fourth-order valence-electron chi connectivity index (χ4n) is 1.94. The fourth-order valence-corrected chi connectivity index (χ4v) is 1.94. The lowest BCUT2D eigenvalue weighted by Gasteiger charge is -2.26. The second kappa shape index (κ2) is 6.70. The van der Waals surface area contributed by atoms with Crippen LogP contribution >= 0.6 is 0 Å². The Kier molecular flexibility index (Phi) is 5.54. The molecule has 1 heterocycles. The van der Waals surface area contributed by atoms with Crippen molar-refractivity contribution < 1.29 is 5.11 Å². The van der Waals surface area contributed by atoms with Gasteiger partial charge in [0.15, 0.2) is 5.82 Å². The molecule has 0 amide bonds. The average molecular weight is 267 g/mol. The third kappa shape index (κ3) is 4.06. The summed E-state index contributed by atoms with van der Waals surface area (Å²) in [4.78, 5) is 18.5. The summed E-state index contributed by atoms with van der Waals surface area (Å²) in [5, 5.41) is 9.14. The molecule has 0 unspecified atom stereocenters. The molecule has 0 radical (unpaired) electrons. The monoisotopic (exact) mass is 267 g/mol. The minimum atomic E-state index is -0.273. The Morgan fingerprint density at radius 3 is 2.58 bits per heavy atom. The second-order valence-corrected chi connectivity index (χ2v) is 5.66. The molecule has 0 spiro atoms. The van der Waals surface area contributed by atoms with Crippen LogP contribution in [0.5, 0.6) is 0 Å². The van der Waals surface area contributed by atoms with E-state index in [1.165, 1.54) is 0 Å². The van der Waals surface area contributed by atoms with Crippen molar-refractivity contribution >= 4 is 5.82 Å². The summed E-state index contributed by atoms with van der Waals surface area (Å²) in [6.45, 7) is 9.27. The van der Waals surface area contributed by atoms with Crippen LogP contribution in [-0.4, -0.2) is 34.4 Å². The van der Waals surface area contributed by atoms with Gasteiger partial charge in [0.1, 0.15) is 0 Å². The normalized spacial score (nSPS) is 11.6. The van der Waals surface area contributed by atoms with Crippen LogP contribution < -0.4 is 10.5 Å². The van der Waals surface area contributed by atoms with Crippen LogP contribution in [-0.2, 0) is 5.54 Å². The van der Waals surface area contributed by atoms with E-state index in [0.717, 1.165) is 19.4 Å². The molecule has 108 valence electrons. The number of unbranched alkanes of at least 4 members (excludes halogenated alkanes) is 1. The smallest absolute Gasteiger partial charge is 0.293 e. The first-order valence-electron chi connectivity index (χ1n) is 6.85. The van der Waals surface area contributed by atoms with Crippen molar-refractivity contribution in [3.05, 3.63) is 22.7 Å². The molecule has 0 fully saturated rings. The van der Waals surface area contributed by atoms with Crippen molar-refractivity contribution in [2.75, 3.05) is 24.6 Å². The van der Waals surface area contributed by atoms with E-state index in [2.05, 4.69) is 11.9 Å². The van der Waals surface area contributed by atoms with Gasteiger partial charge < -0.3 is 14.6 Å². The van der Waals surface area contributed by atoms with Crippen LogP contribution in [0.3, 0.4) is 0 Å². The van der Waals surface area contributed by atoms with E-state index in [-0.39, 0.29) is 17.7 Å². The quantitative estimate of drug-likeness (QED) is 0.850. The number of hydrogen-bond acceptors (Lipinski definition) is 4. The molecule has 0 bridgehead atoms. The number of anilines is 1. The van der Waals surface area contributed by atoms with Gasteiger partial charge in [0.05, 0.1) is 6.61 Å². The molecule has 1 rings (SSSR count). The van der Waals surface area contributed by atoms with Crippen molar-refractivity contribution in [3.8, 4) is 0 Å². The number of aliphatic hydroxyl groups is 1. The zero-order chi connectivity index (χ0) is 14.5. The lowest BCUT2D eigenvalue weighted by atomic mass is 10.1. The van der Waals surface area contributed by atoms with Gasteiger partial charge in [0.2, 0.25) is 0 Å². The molecule has 0 aliphatic rings. The van der Waals surface area contributed by atoms with Crippen molar-refractivity contribution in [1.29, 1.82) is 0 Å². The minimum absolute atomic E-state index is 0.0231. The second-order valence-electron chi connectivity index (χ2n) is 5.66. The Bertz CT molecular complexity index is 449. The largest absolute Gasteiger partial charge is 0.395 e. The van der Waals surface area contributed by atoms with Crippen LogP contribution in [0.25, 0.3) is 0 Å². The molecular formula is C14H25N3O2. The Labute approximate surface area is 114 Å². The van der Waals surface area contributed by atoms with Gasteiger partial charge in [-0.3, -0.25) is 4.79 Å². The highest BCUT2D eigenvalue weighted by Gasteiger charge is 2.19. The molecule has 0 saturated heterocycles. The number of aromatic nitrogens is 2. The van der Waals surface area contributed by atoms with Crippen molar-refractivity contribution in [2.45, 2.75) is 46.1 Å². The number of hydrogen-bond donors (Lipinski definition) is 1. The maximum atomic E-state index is 12.5. The van der Waals surface area contributed by atoms with Crippen molar-refractivity contribution in [1.82, 2.24) is 9.55 Å². The molecule has 5 nitrogen and oxygen atoms in total. The maximum Gasteiger partial charge on any atom is 0.293 e. The topological polar surface area (TPSA) is 58.4 Å². The number of rotatable bonds is 6. The molecule has 0 aromatic carbocycles. The van der Waals surface area contributed by atoms with E-state index in [4.69, 9.17) is 5.11 Å². The van der Waals surface area contributed by atoms with Gasteiger partial charge in [-0.2, -0.15) is 0 Å². The highest BCUT2D eigenvalue weighted by atomic mass is 16.3. The van der Waals surface area contributed by atoms with Gasteiger partial charge in [-0.25, -0.2) is 4.98 Å². The van der Waals surface area contributed by atoms with Crippen LogP contribution in [0.15, 0.2) is 17.2 Å². The van der Waals surface area contributed by atoms with Gasteiger partial charge in [0, 0.05) is 31.0 Å². The van der Waals surface area contributed by atoms with E-state index in [1.54, 1.807) is 17.0 Å². The molecule has 0 aliphatic heterocycles. The van der Waals surface area contributed by atoms with Crippen molar-refractivity contribution in [2.24, 2.45) is 0 Å². The molecule has 19 heavy (non-hydrogen) atoms. The zero-order valence-corrected chi connectivity index (χ0v) is 12.4. The van der Waals surface area contributed by atoms with Crippen LogP contribution in [0.2, 0.25) is 0 Å². The first-order valence-corrected chi connectivity index (χ1v) is 6.85. The molecule has 1 aromatic rings. The predicted octanol–water partition coefficient (Wildman–Crippen LogP) is 1.60. The molecular weight excluding hydrogens is 242 g/mol. The number of nitrogens with zero attached hydrogens (tertiary/aromatic N) is 3.